The van der Waals surface area contributed by atoms with E-state index in [9.17, 15) is 4.79 Å². The topological polar surface area (TPSA) is 35.5 Å². The summed E-state index contributed by atoms with van der Waals surface area (Å²) in [6, 6.07) is 9.91. The Labute approximate surface area is 107 Å². The summed E-state index contributed by atoms with van der Waals surface area (Å²) in [7, 11) is 0. The highest BCUT2D eigenvalue weighted by Gasteiger charge is 2.41. The van der Waals surface area contributed by atoms with E-state index >= 15 is 0 Å². The minimum absolute atomic E-state index is 0.328. The van der Waals surface area contributed by atoms with Gasteiger partial charge in [-0.25, -0.2) is 4.79 Å². The van der Waals surface area contributed by atoms with Crippen molar-refractivity contribution in [3.8, 4) is 0 Å². The first kappa shape index (κ1) is 12.8. The van der Waals surface area contributed by atoms with Gasteiger partial charge in [-0.15, -0.1) is 0 Å². The lowest BCUT2D eigenvalue weighted by atomic mass is 9.91. The Hall–Kier alpha value is -1.61. The Balaban J connectivity index is 1.90. The average Bonchev–Trinajstić information content (AvgIpc) is 2.34. The van der Waals surface area contributed by atoms with E-state index in [2.05, 4.69) is 0 Å². The molecule has 0 spiro atoms. The van der Waals surface area contributed by atoms with Crippen LogP contribution in [-0.2, 0) is 20.9 Å². The van der Waals surface area contributed by atoms with Crippen LogP contribution >= 0.6 is 0 Å². The minimum atomic E-state index is -0.702. The third kappa shape index (κ3) is 3.20. The number of carbonyl (C=O) groups excluding carboxylic acids is 1. The predicted molar refractivity (Wildman–Crippen MR) is 68.7 cm³/mol. The van der Waals surface area contributed by atoms with Crippen LogP contribution in [0.1, 0.15) is 31.7 Å². The van der Waals surface area contributed by atoms with Crippen LogP contribution in [0.15, 0.2) is 42.5 Å². The van der Waals surface area contributed by atoms with Gasteiger partial charge in [0.2, 0.25) is 5.79 Å². The fourth-order valence-electron chi connectivity index (χ4n) is 1.88. The van der Waals surface area contributed by atoms with Crippen LogP contribution in [0.3, 0.4) is 0 Å². The van der Waals surface area contributed by atoms with E-state index in [0.717, 1.165) is 24.8 Å². The predicted octanol–water partition coefficient (Wildman–Crippen LogP) is 3.20. The molecule has 0 aromatic heterocycles. The van der Waals surface area contributed by atoms with Gasteiger partial charge < -0.3 is 9.47 Å². The van der Waals surface area contributed by atoms with E-state index in [1.165, 1.54) is 6.08 Å². The van der Waals surface area contributed by atoms with Crippen LogP contribution in [-0.4, -0.2) is 11.8 Å². The number of benzene rings is 1. The Kier molecular flexibility index (Phi) is 4.15. The normalized spacial score (nSPS) is 17.4. The Morgan fingerprint density at radius 1 is 1.33 bits per heavy atom. The third-order valence-corrected chi connectivity index (χ3v) is 3.05. The van der Waals surface area contributed by atoms with Crippen LogP contribution in [0.2, 0.25) is 0 Å². The number of esters is 1. The summed E-state index contributed by atoms with van der Waals surface area (Å²) in [5, 5.41) is 0. The molecule has 1 fully saturated rings. The molecule has 0 bridgehead atoms. The van der Waals surface area contributed by atoms with Crippen LogP contribution in [0.5, 0.6) is 0 Å². The second-order valence-corrected chi connectivity index (χ2v) is 4.46. The molecule has 18 heavy (non-hydrogen) atoms. The lowest BCUT2D eigenvalue weighted by molar-refractivity contribution is -0.266. The quantitative estimate of drug-likeness (QED) is 0.454. The molecule has 0 atom stereocenters. The standard InChI is InChI=1S/C15H18O3/c1-2-7-14(16)18-15(10-6-11-15)17-12-13-8-4-3-5-9-13/h2-5,7-9H,6,10-12H2,1H3/b7-2+. The van der Waals surface area contributed by atoms with Gasteiger partial charge in [0.25, 0.3) is 0 Å². The monoisotopic (exact) mass is 246 g/mol. The Morgan fingerprint density at radius 3 is 2.61 bits per heavy atom. The van der Waals surface area contributed by atoms with Gasteiger partial charge in [-0.1, -0.05) is 36.4 Å². The zero-order chi connectivity index (χ0) is 12.8. The van der Waals surface area contributed by atoms with Crippen molar-refractivity contribution < 1.29 is 14.3 Å². The van der Waals surface area contributed by atoms with Crippen LogP contribution in [0.25, 0.3) is 0 Å². The largest absolute Gasteiger partial charge is 0.430 e. The third-order valence-electron chi connectivity index (χ3n) is 3.05. The molecule has 0 aliphatic heterocycles. The van der Waals surface area contributed by atoms with Crippen LogP contribution in [0, 0.1) is 0 Å². The minimum Gasteiger partial charge on any atom is -0.430 e. The molecule has 0 N–H and O–H groups in total. The van der Waals surface area contributed by atoms with Crippen molar-refractivity contribution in [2.45, 2.75) is 38.6 Å². The van der Waals surface area contributed by atoms with Crippen molar-refractivity contribution in [3.05, 3.63) is 48.0 Å². The molecule has 2 rings (SSSR count). The van der Waals surface area contributed by atoms with E-state index in [4.69, 9.17) is 9.47 Å². The second-order valence-electron chi connectivity index (χ2n) is 4.46. The average molecular weight is 246 g/mol. The van der Waals surface area contributed by atoms with E-state index in [0.29, 0.717) is 6.61 Å². The van der Waals surface area contributed by atoms with E-state index in [1.54, 1.807) is 13.0 Å². The molecular formula is C15H18O3. The van der Waals surface area contributed by atoms with Gasteiger partial charge in [0, 0.05) is 18.9 Å². The first-order chi connectivity index (χ1) is 8.74. The van der Waals surface area contributed by atoms with E-state index in [1.807, 2.05) is 30.3 Å². The van der Waals surface area contributed by atoms with Gasteiger partial charge in [-0.05, 0) is 18.9 Å². The summed E-state index contributed by atoms with van der Waals surface area (Å²) in [6.45, 7) is 2.27. The van der Waals surface area contributed by atoms with Crippen molar-refractivity contribution in [2.75, 3.05) is 0 Å². The van der Waals surface area contributed by atoms with Gasteiger partial charge in [-0.2, -0.15) is 0 Å². The lowest BCUT2D eigenvalue weighted by Crippen LogP contribution is -2.44. The van der Waals surface area contributed by atoms with Crippen molar-refractivity contribution in [3.63, 3.8) is 0 Å². The van der Waals surface area contributed by atoms with Gasteiger partial charge in [0.15, 0.2) is 0 Å². The van der Waals surface area contributed by atoms with Crippen LogP contribution in [0.4, 0.5) is 0 Å². The summed E-state index contributed by atoms with van der Waals surface area (Å²) < 4.78 is 11.2. The summed E-state index contributed by atoms with van der Waals surface area (Å²) in [5.41, 5.74) is 1.09. The SMILES string of the molecule is C/C=C/C(=O)OC1(OCc2ccccc2)CCC1. The molecule has 0 unspecified atom stereocenters. The number of hydrogen-bond acceptors (Lipinski definition) is 3. The molecule has 1 aliphatic carbocycles. The number of allylic oxidation sites excluding steroid dienone is 1. The molecule has 96 valence electrons. The summed E-state index contributed by atoms with van der Waals surface area (Å²) >= 11 is 0. The molecule has 1 aliphatic rings. The van der Waals surface area contributed by atoms with Crippen LogP contribution < -0.4 is 0 Å². The summed E-state index contributed by atoms with van der Waals surface area (Å²) in [4.78, 5) is 11.5. The van der Waals surface area contributed by atoms with Crippen molar-refractivity contribution in [2.24, 2.45) is 0 Å². The fraction of sp³-hybridized carbons (Fsp3) is 0.400. The molecule has 0 radical (unpaired) electrons. The maximum absolute atomic E-state index is 11.5. The van der Waals surface area contributed by atoms with Gasteiger partial charge in [0.1, 0.15) is 0 Å². The van der Waals surface area contributed by atoms with Gasteiger partial charge in [-0.3, -0.25) is 0 Å². The van der Waals surface area contributed by atoms with E-state index in [-0.39, 0.29) is 5.97 Å². The molecule has 1 aromatic carbocycles. The van der Waals surface area contributed by atoms with Crippen molar-refractivity contribution in [1.29, 1.82) is 0 Å². The fourth-order valence-corrected chi connectivity index (χ4v) is 1.88. The highest BCUT2D eigenvalue weighted by Crippen LogP contribution is 2.37. The summed E-state index contributed by atoms with van der Waals surface area (Å²) in [5.74, 6) is -1.03. The Morgan fingerprint density at radius 2 is 2.06 bits per heavy atom. The maximum Gasteiger partial charge on any atom is 0.332 e. The summed E-state index contributed by atoms with van der Waals surface area (Å²) in [6.07, 6.45) is 5.70. The zero-order valence-corrected chi connectivity index (χ0v) is 10.6. The molecule has 1 aromatic rings. The van der Waals surface area contributed by atoms with Gasteiger partial charge >= 0.3 is 5.97 Å². The highest BCUT2D eigenvalue weighted by molar-refractivity contribution is 5.82. The Bertz CT molecular complexity index is 419. The molecule has 0 heterocycles. The van der Waals surface area contributed by atoms with E-state index < -0.39 is 5.79 Å². The highest BCUT2D eigenvalue weighted by atomic mass is 16.7. The van der Waals surface area contributed by atoms with Crippen molar-refractivity contribution in [1.82, 2.24) is 0 Å². The molecule has 1 saturated carbocycles. The molecular weight excluding hydrogens is 228 g/mol. The first-order valence-corrected chi connectivity index (χ1v) is 6.28. The number of rotatable bonds is 5. The molecule has 3 nitrogen and oxygen atoms in total. The maximum atomic E-state index is 11.5. The number of ether oxygens (including phenoxy) is 2. The second kappa shape index (κ2) is 5.83. The van der Waals surface area contributed by atoms with Crippen molar-refractivity contribution >= 4 is 5.97 Å². The smallest absolute Gasteiger partial charge is 0.332 e. The zero-order valence-electron chi connectivity index (χ0n) is 10.6. The number of carbonyl (C=O) groups is 1. The molecule has 0 amide bonds. The van der Waals surface area contributed by atoms with Gasteiger partial charge in [0.05, 0.1) is 6.61 Å². The number of hydrogen-bond donors (Lipinski definition) is 0. The first-order valence-electron chi connectivity index (χ1n) is 6.28. The lowest BCUT2D eigenvalue weighted by Gasteiger charge is -2.40. The molecule has 3 heteroatoms. The molecule has 0 saturated heterocycles.